The first-order valence-corrected chi connectivity index (χ1v) is 4.92. The largest absolute Gasteiger partial charge is 0.324 e. The molecule has 13 heavy (non-hydrogen) atoms. The lowest BCUT2D eigenvalue weighted by molar-refractivity contribution is 0.491. The van der Waals surface area contributed by atoms with Gasteiger partial charge >= 0.3 is 0 Å². The van der Waals surface area contributed by atoms with Gasteiger partial charge in [0.25, 0.3) is 0 Å². The van der Waals surface area contributed by atoms with Crippen molar-refractivity contribution in [3.8, 4) is 0 Å². The highest BCUT2D eigenvalue weighted by molar-refractivity contribution is 5.22. The van der Waals surface area contributed by atoms with Crippen molar-refractivity contribution < 1.29 is 0 Å². The summed E-state index contributed by atoms with van der Waals surface area (Å²) >= 11 is 0. The lowest BCUT2D eigenvalue weighted by atomic mass is 9.98. The van der Waals surface area contributed by atoms with Crippen LogP contribution in [0.25, 0.3) is 0 Å². The standard InChI is InChI=1S/C12H17N/c1-12(2)8-10(12)11(13)9-6-4-3-5-7-9/h3-7,10-11H,8,13H2,1-2H3/t10-,11+/m0/s1. The molecule has 1 aliphatic carbocycles. The Hall–Kier alpha value is -0.820. The monoisotopic (exact) mass is 175 g/mol. The van der Waals surface area contributed by atoms with Crippen molar-refractivity contribution in [1.29, 1.82) is 0 Å². The lowest BCUT2D eigenvalue weighted by Gasteiger charge is -2.13. The minimum absolute atomic E-state index is 0.233. The van der Waals surface area contributed by atoms with E-state index in [4.69, 9.17) is 5.73 Å². The van der Waals surface area contributed by atoms with Gasteiger partial charge in [-0.25, -0.2) is 0 Å². The maximum atomic E-state index is 6.18. The van der Waals surface area contributed by atoms with Gasteiger partial charge in [-0.2, -0.15) is 0 Å². The van der Waals surface area contributed by atoms with Gasteiger partial charge in [-0.1, -0.05) is 44.2 Å². The summed E-state index contributed by atoms with van der Waals surface area (Å²) < 4.78 is 0. The second-order valence-electron chi connectivity index (χ2n) is 4.74. The molecule has 1 fully saturated rings. The van der Waals surface area contributed by atoms with Gasteiger partial charge in [0, 0.05) is 6.04 Å². The molecule has 0 saturated heterocycles. The summed E-state index contributed by atoms with van der Waals surface area (Å²) in [6.07, 6.45) is 1.27. The van der Waals surface area contributed by atoms with E-state index < -0.39 is 0 Å². The number of benzene rings is 1. The van der Waals surface area contributed by atoms with Crippen LogP contribution in [0.4, 0.5) is 0 Å². The molecule has 1 heteroatoms. The highest BCUT2D eigenvalue weighted by Crippen LogP contribution is 2.56. The molecule has 2 rings (SSSR count). The number of rotatable bonds is 2. The first-order valence-electron chi connectivity index (χ1n) is 4.92. The van der Waals surface area contributed by atoms with E-state index in [0.717, 1.165) is 0 Å². The van der Waals surface area contributed by atoms with Crippen LogP contribution in [-0.4, -0.2) is 0 Å². The molecule has 0 aromatic heterocycles. The van der Waals surface area contributed by atoms with E-state index in [-0.39, 0.29) is 6.04 Å². The van der Waals surface area contributed by atoms with E-state index in [1.807, 2.05) is 6.07 Å². The van der Waals surface area contributed by atoms with Gasteiger partial charge in [0.1, 0.15) is 0 Å². The van der Waals surface area contributed by atoms with Crippen molar-refractivity contribution in [2.45, 2.75) is 26.3 Å². The topological polar surface area (TPSA) is 26.0 Å². The predicted molar refractivity (Wildman–Crippen MR) is 55.3 cm³/mol. The maximum Gasteiger partial charge on any atom is 0.0328 e. The van der Waals surface area contributed by atoms with Gasteiger partial charge in [0.2, 0.25) is 0 Å². The molecule has 1 nitrogen and oxygen atoms in total. The summed E-state index contributed by atoms with van der Waals surface area (Å²) in [5.41, 5.74) is 7.92. The lowest BCUT2D eigenvalue weighted by Crippen LogP contribution is -2.15. The minimum atomic E-state index is 0.233. The molecule has 0 aliphatic heterocycles. The third kappa shape index (κ3) is 1.61. The zero-order chi connectivity index (χ0) is 9.47. The normalized spacial score (nSPS) is 26.8. The highest BCUT2D eigenvalue weighted by Gasteiger charge is 2.49. The highest BCUT2D eigenvalue weighted by atomic mass is 14.7. The Balaban J connectivity index is 2.12. The van der Waals surface area contributed by atoms with Gasteiger partial charge in [0.05, 0.1) is 0 Å². The van der Waals surface area contributed by atoms with E-state index in [0.29, 0.717) is 11.3 Å². The second-order valence-corrected chi connectivity index (χ2v) is 4.74. The average Bonchev–Trinajstić information content (AvgIpc) is 2.76. The zero-order valence-corrected chi connectivity index (χ0v) is 8.33. The molecule has 0 unspecified atom stereocenters. The van der Waals surface area contributed by atoms with Crippen LogP contribution in [0, 0.1) is 11.3 Å². The van der Waals surface area contributed by atoms with Gasteiger partial charge in [-0.05, 0) is 23.3 Å². The summed E-state index contributed by atoms with van der Waals surface area (Å²) in [5, 5.41) is 0. The fourth-order valence-corrected chi connectivity index (χ4v) is 2.03. The first kappa shape index (κ1) is 8.76. The quantitative estimate of drug-likeness (QED) is 0.734. The van der Waals surface area contributed by atoms with E-state index >= 15 is 0 Å². The molecule has 0 spiro atoms. The number of hydrogen-bond donors (Lipinski definition) is 1. The van der Waals surface area contributed by atoms with Crippen LogP contribution < -0.4 is 5.73 Å². The summed E-state index contributed by atoms with van der Waals surface area (Å²) in [6.45, 7) is 4.58. The summed E-state index contributed by atoms with van der Waals surface area (Å²) in [7, 11) is 0. The van der Waals surface area contributed by atoms with Gasteiger partial charge in [-0.15, -0.1) is 0 Å². The Kier molecular flexibility index (Phi) is 1.92. The third-order valence-electron chi connectivity index (χ3n) is 3.21. The third-order valence-corrected chi connectivity index (χ3v) is 3.21. The van der Waals surface area contributed by atoms with Crippen molar-refractivity contribution in [2.24, 2.45) is 17.1 Å². The summed E-state index contributed by atoms with van der Waals surface area (Å²) in [4.78, 5) is 0. The van der Waals surface area contributed by atoms with Crippen LogP contribution >= 0.6 is 0 Å². The fraction of sp³-hybridized carbons (Fsp3) is 0.500. The molecule has 1 saturated carbocycles. The van der Waals surface area contributed by atoms with E-state index in [2.05, 4.69) is 38.1 Å². The predicted octanol–water partition coefficient (Wildman–Crippen LogP) is 2.73. The molecule has 1 aromatic carbocycles. The van der Waals surface area contributed by atoms with Crippen LogP contribution in [-0.2, 0) is 0 Å². The van der Waals surface area contributed by atoms with Crippen molar-refractivity contribution >= 4 is 0 Å². The smallest absolute Gasteiger partial charge is 0.0328 e. The maximum absolute atomic E-state index is 6.18. The van der Waals surface area contributed by atoms with Crippen LogP contribution in [0.2, 0.25) is 0 Å². The molecule has 2 N–H and O–H groups in total. The minimum Gasteiger partial charge on any atom is -0.324 e. The Morgan fingerprint density at radius 2 is 1.85 bits per heavy atom. The van der Waals surface area contributed by atoms with Crippen LogP contribution in [0.15, 0.2) is 30.3 Å². The van der Waals surface area contributed by atoms with Crippen LogP contribution in [0.3, 0.4) is 0 Å². The van der Waals surface area contributed by atoms with E-state index in [1.54, 1.807) is 0 Å². The van der Waals surface area contributed by atoms with Crippen LogP contribution in [0.1, 0.15) is 31.9 Å². The molecule has 0 amide bonds. The van der Waals surface area contributed by atoms with Crippen LogP contribution in [0.5, 0.6) is 0 Å². The molecule has 2 atom stereocenters. The van der Waals surface area contributed by atoms with Gasteiger partial charge in [-0.3, -0.25) is 0 Å². The Labute approximate surface area is 80.0 Å². The van der Waals surface area contributed by atoms with Gasteiger partial charge < -0.3 is 5.73 Å². The first-order chi connectivity index (χ1) is 6.11. The second kappa shape index (κ2) is 2.85. The van der Waals surface area contributed by atoms with Crippen molar-refractivity contribution in [2.75, 3.05) is 0 Å². The Morgan fingerprint density at radius 1 is 1.31 bits per heavy atom. The molecule has 0 bridgehead atoms. The molecule has 70 valence electrons. The molecular formula is C12H17N. The average molecular weight is 175 g/mol. The van der Waals surface area contributed by atoms with Crippen molar-refractivity contribution in [3.63, 3.8) is 0 Å². The molecule has 1 aliphatic rings. The van der Waals surface area contributed by atoms with E-state index in [1.165, 1.54) is 12.0 Å². The summed E-state index contributed by atoms with van der Waals surface area (Å²) in [5.74, 6) is 0.676. The van der Waals surface area contributed by atoms with Crippen molar-refractivity contribution in [3.05, 3.63) is 35.9 Å². The van der Waals surface area contributed by atoms with E-state index in [9.17, 15) is 0 Å². The fourth-order valence-electron chi connectivity index (χ4n) is 2.03. The van der Waals surface area contributed by atoms with Crippen molar-refractivity contribution in [1.82, 2.24) is 0 Å². The molecule has 1 aromatic rings. The molecular weight excluding hydrogens is 158 g/mol. The van der Waals surface area contributed by atoms with Gasteiger partial charge in [0.15, 0.2) is 0 Å². The Morgan fingerprint density at radius 3 is 2.31 bits per heavy atom. The SMILES string of the molecule is CC1(C)C[C@H]1[C@H](N)c1ccccc1. The molecule has 0 heterocycles. The molecule has 0 radical (unpaired) electrons. The Bertz CT molecular complexity index is 289. The zero-order valence-electron chi connectivity index (χ0n) is 8.33. The summed E-state index contributed by atoms with van der Waals surface area (Å²) in [6, 6.07) is 10.6. The number of hydrogen-bond acceptors (Lipinski definition) is 1. The number of nitrogens with two attached hydrogens (primary N) is 1.